The van der Waals surface area contributed by atoms with E-state index < -0.39 is 33.1 Å². The van der Waals surface area contributed by atoms with Crippen LogP contribution in [0.1, 0.15) is 128 Å². The molecule has 724 valence electrons. The van der Waals surface area contributed by atoms with Crippen molar-refractivity contribution >= 4 is 154 Å². The van der Waals surface area contributed by atoms with Crippen LogP contribution in [0.2, 0.25) is 0 Å². The van der Waals surface area contributed by atoms with Gasteiger partial charge in [0, 0.05) is 10.9 Å². The molecule has 3 N–H and O–H groups in total. The van der Waals surface area contributed by atoms with Crippen molar-refractivity contribution in [3.05, 3.63) is 573 Å². The number of carbonyl (C=O) groups excluding carboxylic acids is 4. The van der Waals surface area contributed by atoms with Gasteiger partial charge in [0.05, 0.1) is 60.9 Å². The highest BCUT2D eigenvalue weighted by Gasteiger charge is 2.45. The molecule has 22 heteroatoms. The number of methoxy groups -OCH3 is 3. The first-order valence-electron chi connectivity index (χ1n) is 44.5. The zero-order valence-corrected chi connectivity index (χ0v) is 83.3. The van der Waals surface area contributed by atoms with Crippen molar-refractivity contribution in [2.45, 2.75) is 11.5 Å². The number of aldehydes is 1. The van der Waals surface area contributed by atoms with E-state index in [4.69, 9.17) is 20.1 Å². The summed E-state index contributed by atoms with van der Waals surface area (Å²) in [6.07, 6.45) is 16.0. The number of hydrogen-bond acceptors (Lipinski definition) is 10. The monoisotopic (exact) mass is 2090 g/mol. The molecule has 0 aliphatic rings. The maximum atomic E-state index is 12.8. The summed E-state index contributed by atoms with van der Waals surface area (Å²) in [6.45, 7) is 0. The minimum Gasteiger partial charge on any atom is -1.00 e. The summed E-state index contributed by atoms with van der Waals surface area (Å²) in [7, 11) is 1.72. The van der Waals surface area contributed by atoms with Crippen LogP contribution in [0.4, 0.5) is 22.0 Å². The lowest BCUT2D eigenvalue weighted by atomic mass is 10.1. The molecule has 13 nitrogen and oxygen atoms in total. The minimum atomic E-state index is -1.99. The quantitative estimate of drug-likeness (QED) is 0.00980. The van der Waals surface area contributed by atoms with Crippen molar-refractivity contribution in [1.29, 1.82) is 0 Å². The molecule has 17 aromatic carbocycles. The zero-order valence-electron chi connectivity index (χ0n) is 78.3. The average Bonchev–Trinajstić information content (AvgIpc) is 0.748. The van der Waals surface area contributed by atoms with Crippen LogP contribution in [0.5, 0.6) is 0 Å². The lowest BCUT2D eigenvalue weighted by molar-refractivity contribution is -0.000115. The molecule has 0 heterocycles. The third-order valence-corrected chi connectivity index (χ3v) is 28.4. The van der Waals surface area contributed by atoms with Crippen LogP contribution in [0.3, 0.4) is 0 Å². The molecule has 0 aliphatic heterocycles. The van der Waals surface area contributed by atoms with E-state index in [2.05, 4.69) is 213 Å². The third kappa shape index (κ3) is 36.7. The Balaban J connectivity index is 0.000000187. The van der Waals surface area contributed by atoms with Gasteiger partial charge >= 0.3 is 35.8 Å². The second kappa shape index (κ2) is 59.9. The van der Waals surface area contributed by atoms with Gasteiger partial charge in [-0.15, -0.1) is 0 Å². The lowest BCUT2D eigenvalue weighted by Crippen LogP contribution is -3.00. The zero-order chi connectivity index (χ0) is 102. The largest absolute Gasteiger partial charge is 1.00 e. The van der Waals surface area contributed by atoms with Gasteiger partial charge in [-0.3, -0.25) is 4.79 Å². The van der Waals surface area contributed by atoms with E-state index in [1.54, 1.807) is 152 Å². The molecule has 0 fully saturated rings. The van der Waals surface area contributed by atoms with Gasteiger partial charge in [0.25, 0.3) is 0 Å². The second-order valence-corrected chi connectivity index (χ2v) is 37.2. The predicted molar refractivity (Wildman–Crippen MR) is 573 cm³/mol. The van der Waals surface area contributed by atoms with Gasteiger partial charge in [0.15, 0.2) is 0 Å². The number of ether oxygens (including phenoxy) is 3. The Morgan fingerprint density at radius 1 is 0.264 bits per heavy atom. The SMILES string of the molecule is COC(=O)c1cccc(/C=C/c2ccc(F)cc2)c1.COC(=O)c1cccc(CBr)c1.COC(=O)c1cccc(C[P+](c2ccccc2)(c2ccccc2)c2ccccc2)c1.O=C(O)c1cccc(/C=C/c2ccc(F)cc2)c1.O=C(O)c1cccc(/C=C/c2ccc(F)cc2)c1.O=C(O)c1cccc(/C=C\c2ccc(F)cc2)c1.O=Cc1ccc(F)cc1.[Br-].c1ccc(P(c2ccccc2)c2ccccc2)cc1. The van der Waals surface area contributed by atoms with Gasteiger partial charge in [-0.1, -0.05) is 331 Å². The molecule has 0 unspecified atom stereocenters. The normalized spacial score (nSPS) is 10.5. The Morgan fingerprint density at radius 2 is 0.479 bits per heavy atom. The van der Waals surface area contributed by atoms with E-state index in [-0.39, 0.29) is 80.7 Å². The van der Waals surface area contributed by atoms with Crippen molar-refractivity contribution < 1.29 is 102 Å². The molecule has 0 saturated heterocycles. The maximum absolute atomic E-state index is 12.8. The molecule has 0 bridgehead atoms. The summed E-state index contributed by atoms with van der Waals surface area (Å²) < 4.78 is 77.2. The van der Waals surface area contributed by atoms with E-state index in [9.17, 15) is 55.5 Å². The Morgan fingerprint density at radius 3 is 0.729 bits per heavy atom. The number of aromatic carboxylic acids is 3. The third-order valence-electron chi connectivity index (χ3n) is 21.0. The standard InChI is InChI=1S/C27H24O2P.C18H15P.C16H13FO2.3C15H11FO2.C9H9BrO2.C7H5FO.BrH/c1-29-27(28)23-13-11-12-22(20-23)21-30(24-14-5-2-6-15-24,25-16-7-3-8-17-25)26-18-9-4-10-19-26;1-4-10-16(11-5-1)19(17-12-6-2-7-13-17)18-14-8-3-9-15-18;1-19-16(18)14-4-2-3-13(11-14)6-5-12-7-9-15(17)10-8-12;3*16-14-8-6-11(7-9-14)4-5-12-2-1-3-13(10-12)15(17)18;1-12-9(11)8-4-2-3-7(5-8)6-10;8-7-3-1-6(5-9)2-4-7;/h2-20H,21H2,1H3;1-15H;2-11H,1H3;3*1-10H,(H,17,18);2-5H,6H2,1H3;1-5H;1H/q+1;;;;;;;;/p-1/b;;6-5+;2*5-4+;5-4-;;;. The van der Waals surface area contributed by atoms with Crippen molar-refractivity contribution in [1.82, 2.24) is 0 Å². The van der Waals surface area contributed by atoms with Crippen LogP contribution < -0.4 is 48.8 Å². The van der Waals surface area contributed by atoms with Gasteiger partial charge < -0.3 is 46.5 Å². The number of alkyl halides is 1. The summed E-state index contributed by atoms with van der Waals surface area (Å²) in [5.74, 6) is -5.23. The molecule has 17 aromatic rings. The first-order chi connectivity index (χ1) is 69.4. The second-order valence-electron chi connectivity index (χ2n) is 31.0. The fourth-order valence-corrected chi connectivity index (χ4v) is 20.7. The van der Waals surface area contributed by atoms with Crippen molar-refractivity contribution in [2.24, 2.45) is 0 Å². The van der Waals surface area contributed by atoms with Crippen molar-refractivity contribution in [3.63, 3.8) is 0 Å². The fourth-order valence-electron chi connectivity index (χ4n) is 13.9. The Hall–Kier alpha value is -16.3. The van der Waals surface area contributed by atoms with Crippen LogP contribution in [0.15, 0.2) is 449 Å². The summed E-state index contributed by atoms with van der Waals surface area (Å²) in [5.41, 5.74) is 11.8. The highest BCUT2D eigenvalue weighted by molar-refractivity contribution is 9.08. The van der Waals surface area contributed by atoms with E-state index >= 15 is 0 Å². The van der Waals surface area contributed by atoms with Gasteiger partial charge in [-0.2, -0.15) is 0 Å². The van der Waals surface area contributed by atoms with Crippen molar-refractivity contribution in [3.8, 4) is 0 Å². The number of carboxylic acid groups (broad SMARTS) is 3. The van der Waals surface area contributed by atoms with E-state index in [0.29, 0.717) is 28.5 Å². The highest BCUT2D eigenvalue weighted by atomic mass is 79.9. The number of carbonyl (C=O) groups is 7. The lowest BCUT2D eigenvalue weighted by Gasteiger charge is -2.28. The molecule has 0 aliphatic carbocycles. The molecule has 0 atom stereocenters. The number of halogens is 7. The molecule has 0 spiro atoms. The molecular formula is C122H99Br2F5O13P2. The minimum absolute atomic E-state index is 0. The van der Waals surface area contributed by atoms with Gasteiger partial charge in [-0.25, -0.2) is 50.7 Å². The highest BCUT2D eigenvalue weighted by Crippen LogP contribution is 2.58. The van der Waals surface area contributed by atoms with Crippen LogP contribution in [0.25, 0.3) is 48.6 Å². The summed E-state index contributed by atoms with van der Waals surface area (Å²) in [4.78, 5) is 77.0. The molecule has 0 amide bonds. The summed E-state index contributed by atoms with van der Waals surface area (Å²) in [6, 6.07) is 137. The molecule has 0 aromatic heterocycles. The van der Waals surface area contributed by atoms with E-state index in [0.717, 1.165) is 67.1 Å². The number of rotatable bonds is 24. The first-order valence-corrected chi connectivity index (χ1v) is 48.9. The van der Waals surface area contributed by atoms with E-state index in [1.165, 1.54) is 144 Å². The first kappa shape index (κ1) is 111. The smallest absolute Gasteiger partial charge is 0.337 e. The Kier molecular flexibility index (Phi) is 46.3. The number of hydrogen-bond donors (Lipinski definition) is 3. The van der Waals surface area contributed by atoms with Crippen LogP contribution in [0, 0.1) is 29.1 Å². The van der Waals surface area contributed by atoms with E-state index in [1.807, 2.05) is 66.7 Å². The predicted octanol–water partition coefficient (Wildman–Crippen LogP) is 24.3. The van der Waals surface area contributed by atoms with Crippen LogP contribution in [-0.2, 0) is 25.7 Å². The van der Waals surface area contributed by atoms with Gasteiger partial charge in [-0.05, 0) is 261 Å². The number of carboxylic acids is 3. The van der Waals surface area contributed by atoms with Gasteiger partial charge in [0.2, 0.25) is 0 Å². The van der Waals surface area contributed by atoms with Crippen LogP contribution >= 0.6 is 31.1 Å². The summed E-state index contributed by atoms with van der Waals surface area (Å²) in [5, 5.41) is 35.5. The maximum Gasteiger partial charge on any atom is 0.337 e. The van der Waals surface area contributed by atoms with Gasteiger partial charge in [0.1, 0.15) is 58.5 Å². The number of benzene rings is 17. The molecule has 144 heavy (non-hydrogen) atoms. The molecule has 17 rings (SSSR count). The summed E-state index contributed by atoms with van der Waals surface area (Å²) >= 11 is 3.31. The fraction of sp³-hybridized carbons (Fsp3) is 0.0410. The average molecular weight is 2090 g/mol. The van der Waals surface area contributed by atoms with Crippen LogP contribution in [-0.4, -0.2) is 78.8 Å². The molecule has 0 radical (unpaired) electrons. The molecule has 0 saturated carbocycles. The Labute approximate surface area is 855 Å². The molecular weight excluding hydrogens is 1990 g/mol. The van der Waals surface area contributed by atoms with Crippen molar-refractivity contribution in [2.75, 3.05) is 21.3 Å². The Bertz CT molecular complexity index is 6610. The topological polar surface area (TPSA) is 208 Å². The number of esters is 3.